The van der Waals surface area contributed by atoms with E-state index in [1.807, 2.05) is 13.8 Å². The van der Waals surface area contributed by atoms with Crippen molar-refractivity contribution >= 4 is 9.28 Å². The molecule has 0 spiro atoms. The third-order valence-corrected chi connectivity index (χ3v) is 5.18. The Morgan fingerprint density at radius 1 is 1.00 bits per heavy atom. The Labute approximate surface area is 119 Å². The van der Waals surface area contributed by atoms with Gasteiger partial charge in [-0.25, -0.2) is 0 Å². The monoisotopic (exact) mass is 306 g/mol. The van der Waals surface area contributed by atoms with Crippen molar-refractivity contribution in [3.63, 3.8) is 0 Å². The molecule has 0 unspecified atom stereocenters. The molecule has 1 rings (SSSR count). The van der Waals surface area contributed by atoms with Crippen LogP contribution in [0.5, 0.6) is 0 Å². The second-order valence-corrected chi connectivity index (χ2v) is 6.53. The third kappa shape index (κ3) is 6.07. The van der Waals surface area contributed by atoms with Crippen LogP contribution in [0.4, 0.5) is 13.2 Å². The van der Waals surface area contributed by atoms with Gasteiger partial charge in [-0.15, -0.1) is 0 Å². The van der Waals surface area contributed by atoms with Crippen molar-refractivity contribution in [1.82, 2.24) is 0 Å². The van der Waals surface area contributed by atoms with Gasteiger partial charge in [0, 0.05) is 13.2 Å². The second-order valence-electron chi connectivity index (χ2n) is 4.43. The van der Waals surface area contributed by atoms with Gasteiger partial charge in [0.2, 0.25) is 0 Å². The van der Waals surface area contributed by atoms with E-state index in [1.54, 1.807) is 12.1 Å². The van der Waals surface area contributed by atoms with E-state index in [0.29, 0.717) is 13.2 Å². The van der Waals surface area contributed by atoms with Crippen molar-refractivity contribution in [1.29, 1.82) is 0 Å². The molecule has 0 aliphatic carbocycles. The molecule has 0 saturated heterocycles. The van der Waals surface area contributed by atoms with Gasteiger partial charge in [-0.1, -0.05) is 12.1 Å². The molecule has 0 aliphatic rings. The molecule has 0 bridgehead atoms. The molecule has 0 atom stereocenters. The summed E-state index contributed by atoms with van der Waals surface area (Å²) in [7, 11) is -1.59. The van der Waals surface area contributed by atoms with Crippen LogP contribution in [0.15, 0.2) is 24.3 Å². The van der Waals surface area contributed by atoms with Crippen LogP contribution in [0.1, 0.15) is 31.4 Å². The molecule has 1 aromatic carbocycles. The van der Waals surface area contributed by atoms with Crippen LogP contribution < -0.4 is 0 Å². The molecular formula is C14H21F3O2Si. The fourth-order valence-electron chi connectivity index (χ4n) is 1.92. The molecule has 0 aromatic heterocycles. The molecule has 0 saturated carbocycles. The minimum Gasteiger partial charge on any atom is -0.397 e. The van der Waals surface area contributed by atoms with E-state index in [0.717, 1.165) is 36.6 Å². The molecule has 1 aromatic rings. The first-order valence-electron chi connectivity index (χ1n) is 6.86. The minimum absolute atomic E-state index is 0.600. The zero-order valence-electron chi connectivity index (χ0n) is 11.9. The number of rotatable bonds is 8. The lowest BCUT2D eigenvalue weighted by Gasteiger charge is -2.14. The lowest BCUT2D eigenvalue weighted by Crippen LogP contribution is -2.22. The highest BCUT2D eigenvalue weighted by Gasteiger charge is 2.29. The van der Waals surface area contributed by atoms with Gasteiger partial charge >= 0.3 is 15.5 Å². The smallest absolute Gasteiger partial charge is 0.397 e. The average Bonchev–Trinajstić information content (AvgIpc) is 2.39. The summed E-state index contributed by atoms with van der Waals surface area (Å²) < 4.78 is 48.4. The van der Waals surface area contributed by atoms with Gasteiger partial charge < -0.3 is 8.85 Å². The fraction of sp³-hybridized carbons (Fsp3) is 0.571. The van der Waals surface area contributed by atoms with Crippen molar-refractivity contribution in [3.05, 3.63) is 35.4 Å². The van der Waals surface area contributed by atoms with Gasteiger partial charge in [-0.05, 0) is 50.4 Å². The number of aryl methyl sites for hydroxylation is 1. The van der Waals surface area contributed by atoms with Gasteiger partial charge in [0.1, 0.15) is 0 Å². The van der Waals surface area contributed by atoms with E-state index in [1.165, 1.54) is 0 Å². The first kappa shape index (κ1) is 17.2. The van der Waals surface area contributed by atoms with Gasteiger partial charge in [-0.3, -0.25) is 0 Å². The first-order valence-corrected chi connectivity index (χ1v) is 8.62. The third-order valence-electron chi connectivity index (χ3n) is 2.89. The number of halogens is 3. The van der Waals surface area contributed by atoms with Crippen LogP contribution in [0.25, 0.3) is 0 Å². The highest BCUT2D eigenvalue weighted by Crippen LogP contribution is 2.29. The Morgan fingerprint density at radius 3 is 2.00 bits per heavy atom. The minimum atomic E-state index is -4.26. The second kappa shape index (κ2) is 8.44. The molecule has 0 radical (unpaired) electrons. The summed E-state index contributed by atoms with van der Waals surface area (Å²) in [5.41, 5.74) is 0.316. The van der Waals surface area contributed by atoms with E-state index in [2.05, 4.69) is 0 Å². The number of alkyl halides is 3. The predicted octanol–water partition coefficient (Wildman–Crippen LogP) is 3.93. The van der Waals surface area contributed by atoms with Crippen LogP contribution in [-0.2, 0) is 21.4 Å². The van der Waals surface area contributed by atoms with Gasteiger partial charge in [0.15, 0.2) is 0 Å². The van der Waals surface area contributed by atoms with E-state index < -0.39 is 21.0 Å². The topological polar surface area (TPSA) is 18.5 Å². The standard InChI is InChI=1S/C14H21F3O2Si/c1-3-18-20(19-4-2)11-5-6-12-7-9-13(10-8-12)14(15,16)17/h7-10,20H,3-6,11H2,1-2H3. The van der Waals surface area contributed by atoms with Gasteiger partial charge in [0.25, 0.3) is 0 Å². The quantitative estimate of drug-likeness (QED) is 0.678. The van der Waals surface area contributed by atoms with Crippen molar-refractivity contribution in [2.75, 3.05) is 13.2 Å². The van der Waals surface area contributed by atoms with Crippen LogP contribution >= 0.6 is 0 Å². The summed E-state index contributed by atoms with van der Waals surface area (Å²) in [6.45, 7) is 5.18. The Kier molecular flexibility index (Phi) is 7.26. The van der Waals surface area contributed by atoms with E-state index in [-0.39, 0.29) is 0 Å². The molecule has 0 heterocycles. The highest BCUT2D eigenvalue weighted by atomic mass is 28.3. The summed E-state index contributed by atoms with van der Waals surface area (Å²) in [5.74, 6) is 0. The maximum atomic E-state index is 12.4. The lowest BCUT2D eigenvalue weighted by atomic mass is 10.1. The summed E-state index contributed by atoms with van der Waals surface area (Å²) in [4.78, 5) is 0. The molecule has 114 valence electrons. The van der Waals surface area contributed by atoms with Crippen molar-refractivity contribution in [2.45, 2.75) is 38.9 Å². The maximum Gasteiger partial charge on any atom is 0.416 e. The molecule has 0 aliphatic heterocycles. The Balaban J connectivity index is 2.41. The molecule has 20 heavy (non-hydrogen) atoms. The molecule has 0 fully saturated rings. The molecule has 0 N–H and O–H groups in total. The van der Waals surface area contributed by atoms with E-state index >= 15 is 0 Å². The molecule has 2 nitrogen and oxygen atoms in total. The van der Waals surface area contributed by atoms with Crippen molar-refractivity contribution in [3.8, 4) is 0 Å². The molecule has 0 amide bonds. The van der Waals surface area contributed by atoms with Crippen molar-refractivity contribution < 1.29 is 22.0 Å². The normalized spacial score (nSPS) is 12.1. The Hall–Kier alpha value is -0.853. The van der Waals surface area contributed by atoms with E-state index in [4.69, 9.17) is 8.85 Å². The number of hydrogen-bond acceptors (Lipinski definition) is 2. The number of hydrogen-bond donors (Lipinski definition) is 0. The summed E-state index contributed by atoms with van der Waals surface area (Å²) >= 11 is 0. The predicted molar refractivity (Wildman–Crippen MR) is 75.0 cm³/mol. The number of benzene rings is 1. The van der Waals surface area contributed by atoms with Crippen LogP contribution in [0.2, 0.25) is 6.04 Å². The largest absolute Gasteiger partial charge is 0.416 e. The first-order chi connectivity index (χ1) is 9.47. The zero-order valence-corrected chi connectivity index (χ0v) is 13.0. The maximum absolute atomic E-state index is 12.4. The van der Waals surface area contributed by atoms with Crippen molar-refractivity contribution in [2.24, 2.45) is 0 Å². The van der Waals surface area contributed by atoms with Gasteiger partial charge in [0.05, 0.1) is 5.56 Å². The Bertz CT molecular complexity index is 373. The summed E-state index contributed by atoms with van der Waals surface area (Å²) in [6.07, 6.45) is -2.63. The van der Waals surface area contributed by atoms with Gasteiger partial charge in [-0.2, -0.15) is 13.2 Å². The summed E-state index contributed by atoms with van der Waals surface area (Å²) in [6, 6.07) is 6.23. The average molecular weight is 306 g/mol. The highest BCUT2D eigenvalue weighted by molar-refractivity contribution is 6.44. The molecular weight excluding hydrogens is 285 g/mol. The SMILES string of the molecule is CCO[SiH](CCCc1ccc(C(F)(F)F)cc1)OCC. The fourth-order valence-corrected chi connectivity index (χ4v) is 3.63. The summed E-state index contributed by atoms with van der Waals surface area (Å²) in [5, 5.41) is 0. The Morgan fingerprint density at radius 2 is 1.55 bits per heavy atom. The van der Waals surface area contributed by atoms with E-state index in [9.17, 15) is 13.2 Å². The van der Waals surface area contributed by atoms with Crippen LogP contribution in [0, 0.1) is 0 Å². The lowest BCUT2D eigenvalue weighted by molar-refractivity contribution is -0.137. The van der Waals surface area contributed by atoms with Crippen LogP contribution in [0.3, 0.4) is 0 Å². The zero-order chi connectivity index (χ0) is 15.0. The van der Waals surface area contributed by atoms with Crippen LogP contribution in [-0.4, -0.2) is 22.5 Å². The molecule has 6 heteroatoms.